The first-order chi connectivity index (χ1) is 48.4. The molecule has 4 aliphatic rings. The number of nitrogens with two attached hydrogens (primary N) is 3. The molecule has 29 nitrogen and oxygen atoms in total. The molecule has 1 atom stereocenters. The number of likely N-dealkylation sites (N-methyl/N-ethyl adjacent to an activating group) is 1. The van der Waals surface area contributed by atoms with E-state index in [4.69, 9.17) is 45.7 Å². The fraction of sp³-hybridized carbons (Fsp3) is 0.338. The van der Waals surface area contributed by atoms with E-state index in [0.717, 1.165) is 139 Å². The molecule has 1 aliphatic heterocycles. The van der Waals surface area contributed by atoms with Gasteiger partial charge in [-0.15, -0.1) is 0 Å². The molecule has 10 heterocycles. The van der Waals surface area contributed by atoms with Gasteiger partial charge in [-0.3, -0.25) is 24.1 Å². The summed E-state index contributed by atoms with van der Waals surface area (Å²) in [5, 5.41) is 41.1. The Morgan fingerprint density at radius 2 is 0.970 bits per heavy atom. The number of carbonyl (C=O) groups is 1. The number of aromatic nitrogens is 18. The Hall–Kier alpha value is -11.6. The van der Waals surface area contributed by atoms with Crippen LogP contribution in [0, 0.1) is 0 Å². The first-order valence-corrected chi connectivity index (χ1v) is 33.2. The lowest BCUT2D eigenvalue weighted by Crippen LogP contribution is -2.36. The Balaban J connectivity index is 0.000000128. The van der Waals surface area contributed by atoms with E-state index in [2.05, 4.69) is 119 Å². The minimum Gasteiger partial charge on any atom is -0.394 e. The molecule has 12 aromatic rings. The van der Waals surface area contributed by atoms with E-state index >= 15 is 0 Å². The first-order valence-electron chi connectivity index (χ1n) is 33.2. The van der Waals surface area contributed by atoms with Crippen molar-refractivity contribution in [2.45, 2.75) is 125 Å². The maximum atomic E-state index is 11.9. The number of anilines is 4. The lowest BCUT2D eigenvalue weighted by Gasteiger charge is -2.39. The molecule has 29 heteroatoms. The van der Waals surface area contributed by atoms with Crippen LogP contribution in [0.2, 0.25) is 0 Å². The molecule has 0 unspecified atom stereocenters. The van der Waals surface area contributed by atoms with Crippen molar-refractivity contribution >= 4 is 29.3 Å². The Morgan fingerprint density at radius 3 is 1.40 bits per heavy atom. The Morgan fingerprint density at radius 1 is 0.520 bits per heavy atom. The van der Waals surface area contributed by atoms with Crippen molar-refractivity contribution in [1.29, 1.82) is 0 Å². The third kappa shape index (κ3) is 13.5. The van der Waals surface area contributed by atoms with Crippen LogP contribution in [0.15, 0.2) is 161 Å². The van der Waals surface area contributed by atoms with Crippen molar-refractivity contribution in [3.05, 3.63) is 181 Å². The van der Waals surface area contributed by atoms with Crippen LogP contribution in [-0.4, -0.2) is 150 Å². The highest BCUT2D eigenvalue weighted by molar-refractivity contribution is 5.75. The van der Waals surface area contributed by atoms with Gasteiger partial charge in [-0.1, -0.05) is 108 Å². The van der Waals surface area contributed by atoms with Crippen LogP contribution >= 0.6 is 0 Å². The minimum atomic E-state index is -0.858. The Bertz CT molecular complexity index is 4740. The summed E-state index contributed by atoms with van der Waals surface area (Å²) in [6, 6.07) is 25.0. The van der Waals surface area contributed by atoms with Gasteiger partial charge in [0.25, 0.3) is 17.7 Å². The number of aliphatic hydroxyl groups excluding tert-OH is 1. The molecule has 1 saturated heterocycles. The van der Waals surface area contributed by atoms with E-state index in [9.17, 15) is 15.0 Å². The first kappa shape index (κ1) is 65.7. The average Bonchev–Trinajstić information content (AvgIpc) is 1.35. The fourth-order valence-electron chi connectivity index (χ4n) is 13.2. The van der Waals surface area contributed by atoms with Gasteiger partial charge in [0, 0.05) is 62.1 Å². The molecule has 0 bridgehead atoms. The van der Waals surface area contributed by atoms with Gasteiger partial charge in [0.1, 0.15) is 29.7 Å². The Labute approximate surface area is 574 Å². The summed E-state index contributed by atoms with van der Waals surface area (Å²) in [4.78, 5) is 63.9. The van der Waals surface area contributed by atoms with Crippen LogP contribution in [0.1, 0.15) is 119 Å². The van der Waals surface area contributed by atoms with E-state index in [0.29, 0.717) is 64.6 Å². The summed E-state index contributed by atoms with van der Waals surface area (Å²) < 4.78 is 20.0. The van der Waals surface area contributed by atoms with Gasteiger partial charge in [-0.25, -0.2) is 29.9 Å². The minimum absolute atomic E-state index is 0.0438. The third-order valence-corrected chi connectivity index (χ3v) is 19.3. The molecule has 0 radical (unpaired) electrons. The normalized spacial score (nSPS) is 16.4. The Kier molecular flexibility index (Phi) is 18.0. The largest absolute Gasteiger partial charge is 0.394 e. The van der Waals surface area contributed by atoms with Gasteiger partial charge >= 0.3 is 0 Å². The van der Waals surface area contributed by atoms with E-state index in [1.54, 1.807) is 105 Å². The molecular weight excluding hydrogens is 1270 g/mol. The summed E-state index contributed by atoms with van der Waals surface area (Å²) in [5.41, 5.74) is 26.1. The zero-order valence-electron chi connectivity index (χ0n) is 55.7. The smallest absolute Gasteiger partial charge is 0.278 e. The van der Waals surface area contributed by atoms with Gasteiger partial charge in [-0.05, 0) is 87.5 Å². The van der Waals surface area contributed by atoms with Crippen LogP contribution in [0.25, 0.3) is 68.1 Å². The maximum Gasteiger partial charge on any atom is 0.278 e. The molecular formula is C71H75N23O6. The monoisotopic (exact) mass is 1350 g/mol. The SMILES string of the molecule is CC(C)(O)Cn1cc(-c2nc(C3(c4ccc(-c5cnc(N)cn5)cc4)CCC3)no2)cn1.CN(C)C(=O)Cn1cc(-c2nc(C3(c4ccc(-c5cnc(N)cn5)cc4)CCC3)no2)cn1.Nc1ncc(-c2ccc(C3(c4noc(-c5cnc(N6CCC[C@H]6CO)cn5)n4)CCC3)cc2)cn1. The molecule has 1 amide bonds. The van der Waals surface area contributed by atoms with Crippen LogP contribution in [0.5, 0.6) is 0 Å². The zero-order chi connectivity index (χ0) is 69.2. The number of rotatable bonds is 18. The molecule has 3 aromatic carbocycles. The van der Waals surface area contributed by atoms with E-state index in [1.807, 2.05) is 30.5 Å². The molecule has 510 valence electrons. The highest BCUT2D eigenvalue weighted by atomic mass is 16.5. The molecule has 8 N–H and O–H groups in total. The van der Waals surface area contributed by atoms with Crippen molar-refractivity contribution in [2.24, 2.45) is 0 Å². The molecule has 3 saturated carbocycles. The predicted molar refractivity (Wildman–Crippen MR) is 368 cm³/mol. The predicted octanol–water partition coefficient (Wildman–Crippen LogP) is 8.74. The zero-order valence-corrected chi connectivity index (χ0v) is 55.7. The summed E-state index contributed by atoms with van der Waals surface area (Å²) in [7, 11) is 3.43. The van der Waals surface area contributed by atoms with Crippen molar-refractivity contribution in [1.82, 2.24) is 94.8 Å². The summed E-state index contributed by atoms with van der Waals surface area (Å²) in [5.74, 6) is 4.99. The second-order valence-electron chi connectivity index (χ2n) is 26.7. The number of nitrogens with zero attached hydrogens (tertiary/aromatic N) is 20. The van der Waals surface area contributed by atoms with E-state index in [-0.39, 0.29) is 47.3 Å². The van der Waals surface area contributed by atoms with Gasteiger partial charge in [0.2, 0.25) is 11.9 Å². The maximum absolute atomic E-state index is 11.9. The van der Waals surface area contributed by atoms with Crippen LogP contribution in [0.4, 0.5) is 23.4 Å². The molecule has 100 heavy (non-hydrogen) atoms. The van der Waals surface area contributed by atoms with Crippen LogP contribution < -0.4 is 22.1 Å². The average molecular weight is 1350 g/mol. The van der Waals surface area contributed by atoms with Gasteiger partial charge in [-0.2, -0.15) is 25.1 Å². The van der Waals surface area contributed by atoms with Crippen LogP contribution in [-0.2, 0) is 34.1 Å². The van der Waals surface area contributed by atoms with Crippen molar-refractivity contribution in [3.8, 4) is 68.1 Å². The van der Waals surface area contributed by atoms with Crippen molar-refractivity contribution in [3.63, 3.8) is 0 Å². The number of carbonyl (C=O) groups excluding carboxylic acids is 1. The number of hydrogen-bond acceptors (Lipinski definition) is 26. The number of hydrogen-bond donors (Lipinski definition) is 5. The molecule has 3 aliphatic carbocycles. The second-order valence-corrected chi connectivity index (χ2v) is 26.7. The standard InChI is InChI=1S/C25H26N8O2.C23H24N8O2.C23H25N7O2/c26-24-29-11-17(12-30-24)16-4-6-18(7-5-16)25(8-2-9-25)23-31-22(35-32-23)20-13-28-21(14-27-20)33-10-1-3-19(33)15-34;1-30(2)20(32)14-31-13-16(10-27-31)21-28-22(29-33-21)23(8-3-9-23)17-6-4-15(5-7-17)18-11-26-19(24)12-25-18;1-22(2,31)14-30-13-16(10-27-30)20-28-21(29-32-20)23(8-3-9-23)17-6-4-15(5-7-17)18-11-26-19(24)12-25-18/h4-7,11-14,19,34H,1-3,8-10,15H2,(H2,26,29,30);4-7,10-13H,3,8-9,14H2,1-2H3,(H2,24,26);4-7,10-13,31H,3,8-9,14H2,1-2H3,(H2,24,26)/t19-;;/m0../s1. The van der Waals surface area contributed by atoms with Gasteiger partial charge < -0.3 is 50.8 Å². The summed E-state index contributed by atoms with van der Waals surface area (Å²) in [6.07, 6.45) is 31.2. The molecule has 4 fully saturated rings. The van der Waals surface area contributed by atoms with E-state index < -0.39 is 5.60 Å². The third-order valence-electron chi connectivity index (χ3n) is 19.3. The summed E-state index contributed by atoms with van der Waals surface area (Å²) in [6.45, 7) is 5.00. The number of aliphatic hydroxyl groups is 2. The van der Waals surface area contributed by atoms with Crippen LogP contribution in [0.3, 0.4) is 0 Å². The molecule has 9 aromatic heterocycles. The van der Waals surface area contributed by atoms with Gasteiger partial charge in [0.15, 0.2) is 17.5 Å². The highest BCUT2D eigenvalue weighted by Gasteiger charge is 2.47. The topological polar surface area (TPSA) is 398 Å². The number of nitrogen functional groups attached to an aromatic ring is 3. The summed E-state index contributed by atoms with van der Waals surface area (Å²) >= 11 is 0. The fourth-order valence-corrected chi connectivity index (χ4v) is 13.2. The lowest BCUT2D eigenvalue weighted by molar-refractivity contribution is -0.129. The van der Waals surface area contributed by atoms with Crippen molar-refractivity contribution < 1.29 is 28.6 Å². The van der Waals surface area contributed by atoms with Crippen molar-refractivity contribution in [2.75, 3.05) is 49.3 Å². The molecule has 0 spiro atoms. The second kappa shape index (κ2) is 27.4. The molecule has 16 rings (SSSR count). The van der Waals surface area contributed by atoms with Gasteiger partial charge in [0.05, 0.1) is 113 Å². The van der Waals surface area contributed by atoms with E-state index in [1.165, 1.54) is 4.90 Å². The lowest BCUT2D eigenvalue weighted by atomic mass is 9.64. The quantitative estimate of drug-likeness (QED) is 0.0535. The number of amides is 1. The highest BCUT2D eigenvalue weighted by Crippen LogP contribution is 2.51. The number of benzene rings is 3.